The van der Waals surface area contributed by atoms with Crippen LogP contribution in [-0.4, -0.2) is 23.6 Å². The smallest absolute Gasteiger partial charge is 0.243 e. The molecule has 0 unspecified atom stereocenters. The second kappa shape index (κ2) is 7.65. The van der Waals surface area contributed by atoms with Crippen LogP contribution in [0.25, 0.3) is 0 Å². The van der Waals surface area contributed by atoms with E-state index in [0.717, 1.165) is 23.3 Å². The van der Waals surface area contributed by atoms with Crippen molar-refractivity contribution >= 4 is 17.6 Å². The van der Waals surface area contributed by atoms with Crippen LogP contribution in [0.3, 0.4) is 0 Å². The lowest BCUT2D eigenvalue weighted by atomic mass is 10.1. The predicted molar refractivity (Wildman–Crippen MR) is 93.7 cm³/mol. The number of Topliss-reactive ketones (excluding diaryl/α,β-unsaturated/α-hetero) is 1. The van der Waals surface area contributed by atoms with Gasteiger partial charge in [0.25, 0.3) is 0 Å². The summed E-state index contributed by atoms with van der Waals surface area (Å²) in [5.41, 5.74) is 1.79. The summed E-state index contributed by atoms with van der Waals surface area (Å²) in [7, 11) is 0. The third kappa shape index (κ3) is 4.36. The average Bonchev–Trinajstić information content (AvgIpc) is 2.89. The van der Waals surface area contributed by atoms with Gasteiger partial charge in [0, 0.05) is 12.5 Å². The van der Waals surface area contributed by atoms with E-state index >= 15 is 0 Å². The zero-order chi connectivity index (χ0) is 19.6. The first kappa shape index (κ1) is 18.7. The molecule has 140 valence electrons. The summed E-state index contributed by atoms with van der Waals surface area (Å²) in [6, 6.07) is 8.43. The molecule has 27 heavy (non-hydrogen) atoms. The van der Waals surface area contributed by atoms with Gasteiger partial charge in [0.1, 0.15) is 23.7 Å². The zero-order valence-electron chi connectivity index (χ0n) is 14.6. The van der Waals surface area contributed by atoms with E-state index in [9.17, 15) is 23.2 Å². The van der Waals surface area contributed by atoms with Gasteiger partial charge in [-0.25, -0.2) is 8.78 Å². The van der Waals surface area contributed by atoms with Crippen LogP contribution >= 0.6 is 0 Å². The molecule has 2 atom stereocenters. The second-order valence-corrected chi connectivity index (χ2v) is 6.53. The van der Waals surface area contributed by atoms with Crippen molar-refractivity contribution in [3.05, 3.63) is 70.8 Å². The van der Waals surface area contributed by atoms with E-state index in [4.69, 9.17) is 0 Å². The fourth-order valence-electron chi connectivity index (χ4n) is 3.12. The van der Waals surface area contributed by atoms with E-state index in [2.05, 4.69) is 10.6 Å². The van der Waals surface area contributed by atoms with E-state index in [1.165, 1.54) is 6.92 Å². The summed E-state index contributed by atoms with van der Waals surface area (Å²) in [6.45, 7) is 1.48. The lowest BCUT2D eigenvalue weighted by Crippen LogP contribution is -2.47. The molecule has 7 heteroatoms. The van der Waals surface area contributed by atoms with Crippen LogP contribution in [0.5, 0.6) is 0 Å². The van der Waals surface area contributed by atoms with Crippen molar-refractivity contribution in [2.75, 3.05) is 0 Å². The molecular formula is C20H18F2N2O3. The minimum atomic E-state index is -0.906. The first-order valence-corrected chi connectivity index (χ1v) is 8.48. The third-order valence-corrected chi connectivity index (χ3v) is 4.40. The van der Waals surface area contributed by atoms with Gasteiger partial charge >= 0.3 is 0 Å². The molecule has 0 aromatic heterocycles. The van der Waals surface area contributed by atoms with Crippen molar-refractivity contribution in [3.63, 3.8) is 0 Å². The highest BCUT2D eigenvalue weighted by molar-refractivity contribution is 5.97. The van der Waals surface area contributed by atoms with E-state index in [-0.39, 0.29) is 24.2 Å². The van der Waals surface area contributed by atoms with Gasteiger partial charge in [0.2, 0.25) is 11.8 Å². The molecule has 1 aliphatic carbocycles. The van der Waals surface area contributed by atoms with Gasteiger partial charge in [0.05, 0.1) is 6.42 Å². The molecule has 1 aliphatic rings. The summed E-state index contributed by atoms with van der Waals surface area (Å²) in [5, 5.41) is 5.12. The first-order chi connectivity index (χ1) is 12.8. The fourth-order valence-corrected chi connectivity index (χ4v) is 3.12. The largest absolute Gasteiger partial charge is 0.344 e. The van der Waals surface area contributed by atoms with Crippen molar-refractivity contribution in [3.8, 4) is 0 Å². The molecule has 3 rings (SSSR count). The highest BCUT2D eigenvalue weighted by Crippen LogP contribution is 2.28. The summed E-state index contributed by atoms with van der Waals surface area (Å²) in [5.74, 6) is -2.73. The Morgan fingerprint density at radius 1 is 1.15 bits per heavy atom. The Bertz CT molecular complexity index is 894. The van der Waals surface area contributed by atoms with Gasteiger partial charge in [0.15, 0.2) is 5.78 Å². The Labute approximate surface area is 154 Å². The van der Waals surface area contributed by atoms with Crippen LogP contribution in [0.4, 0.5) is 8.78 Å². The van der Waals surface area contributed by atoms with E-state index in [0.29, 0.717) is 6.07 Å². The summed E-state index contributed by atoms with van der Waals surface area (Å²) < 4.78 is 26.4. The second-order valence-electron chi connectivity index (χ2n) is 6.53. The standard InChI is InChI=1S/C20H18F2N2O3/c1-11(23-18(26)8-12-6-14(21)10-15(22)7-12)20(27)24-19-16-5-3-2-4-13(16)9-17(19)25/h2-7,10-11,19H,8-9H2,1H3,(H,23,26)(H,24,27)/t11-,19-/m0/s1. The van der Waals surface area contributed by atoms with Gasteiger partial charge in [-0.15, -0.1) is 0 Å². The number of benzene rings is 2. The quantitative estimate of drug-likeness (QED) is 0.843. The number of hydrogen-bond donors (Lipinski definition) is 2. The summed E-state index contributed by atoms with van der Waals surface area (Å²) in [4.78, 5) is 36.5. The molecule has 0 saturated carbocycles. The molecule has 0 heterocycles. The molecule has 0 spiro atoms. The fraction of sp³-hybridized carbons (Fsp3) is 0.250. The van der Waals surface area contributed by atoms with E-state index < -0.39 is 35.5 Å². The van der Waals surface area contributed by atoms with Gasteiger partial charge in [-0.2, -0.15) is 0 Å². The monoisotopic (exact) mass is 372 g/mol. The Morgan fingerprint density at radius 2 is 1.81 bits per heavy atom. The highest BCUT2D eigenvalue weighted by atomic mass is 19.1. The molecule has 0 fully saturated rings. The maximum absolute atomic E-state index is 13.2. The predicted octanol–water partition coefficient (Wildman–Crippen LogP) is 1.99. The minimum absolute atomic E-state index is 0.113. The number of rotatable bonds is 5. The molecule has 0 aliphatic heterocycles. The molecule has 0 radical (unpaired) electrons. The number of nitrogens with one attached hydrogen (secondary N) is 2. The number of ketones is 1. The number of fused-ring (bicyclic) bond motifs is 1. The molecule has 0 saturated heterocycles. The maximum Gasteiger partial charge on any atom is 0.243 e. The van der Waals surface area contributed by atoms with Crippen molar-refractivity contribution < 1.29 is 23.2 Å². The number of hydrogen-bond acceptors (Lipinski definition) is 3. The maximum atomic E-state index is 13.2. The number of amides is 2. The Morgan fingerprint density at radius 3 is 2.52 bits per heavy atom. The molecular weight excluding hydrogens is 354 g/mol. The summed E-state index contributed by atoms with van der Waals surface area (Å²) >= 11 is 0. The minimum Gasteiger partial charge on any atom is -0.344 e. The van der Waals surface area contributed by atoms with Gasteiger partial charge in [-0.1, -0.05) is 24.3 Å². The van der Waals surface area contributed by atoms with Crippen molar-refractivity contribution in [2.24, 2.45) is 0 Å². The van der Waals surface area contributed by atoms with Crippen LogP contribution in [0, 0.1) is 11.6 Å². The van der Waals surface area contributed by atoms with Crippen molar-refractivity contribution in [2.45, 2.75) is 31.8 Å². The molecule has 2 aromatic carbocycles. The topological polar surface area (TPSA) is 75.3 Å². The highest BCUT2D eigenvalue weighted by Gasteiger charge is 2.32. The molecule has 5 nitrogen and oxygen atoms in total. The van der Waals surface area contributed by atoms with Gasteiger partial charge < -0.3 is 10.6 Å². The Balaban J connectivity index is 1.59. The normalized spacial score (nSPS) is 16.6. The first-order valence-electron chi connectivity index (χ1n) is 8.48. The number of carbonyl (C=O) groups is 3. The average molecular weight is 372 g/mol. The van der Waals surface area contributed by atoms with Crippen molar-refractivity contribution in [1.29, 1.82) is 0 Å². The zero-order valence-corrected chi connectivity index (χ0v) is 14.6. The van der Waals surface area contributed by atoms with Crippen molar-refractivity contribution in [1.82, 2.24) is 10.6 Å². The van der Waals surface area contributed by atoms with Gasteiger partial charge in [-0.3, -0.25) is 14.4 Å². The number of carbonyl (C=O) groups excluding carboxylic acids is 3. The Hall–Kier alpha value is -3.09. The van der Waals surface area contributed by atoms with Gasteiger partial charge in [-0.05, 0) is 35.7 Å². The SMILES string of the molecule is C[C@H](NC(=O)Cc1cc(F)cc(F)c1)C(=O)N[C@@H]1C(=O)Cc2ccccc21. The third-order valence-electron chi connectivity index (χ3n) is 4.40. The lowest BCUT2D eigenvalue weighted by molar-refractivity contribution is -0.130. The molecule has 2 aromatic rings. The lowest BCUT2D eigenvalue weighted by Gasteiger charge is -2.18. The van der Waals surface area contributed by atoms with E-state index in [1.807, 2.05) is 12.1 Å². The number of halogens is 2. The van der Waals surface area contributed by atoms with Crippen LogP contribution in [0.15, 0.2) is 42.5 Å². The molecule has 0 bridgehead atoms. The molecule has 2 N–H and O–H groups in total. The Kier molecular flexibility index (Phi) is 5.30. The van der Waals surface area contributed by atoms with Crippen LogP contribution in [0.2, 0.25) is 0 Å². The van der Waals surface area contributed by atoms with E-state index in [1.54, 1.807) is 12.1 Å². The van der Waals surface area contributed by atoms with Crippen LogP contribution in [-0.2, 0) is 27.2 Å². The molecule has 2 amide bonds. The van der Waals surface area contributed by atoms with Crippen LogP contribution in [0.1, 0.15) is 29.7 Å². The van der Waals surface area contributed by atoms with Crippen LogP contribution < -0.4 is 10.6 Å². The summed E-state index contributed by atoms with van der Waals surface area (Å²) in [6.07, 6.45) is -0.00944.